The van der Waals surface area contributed by atoms with Crippen LogP contribution < -0.4 is 16.6 Å². The first-order valence-electron chi connectivity index (χ1n) is 5.44. The van der Waals surface area contributed by atoms with Gasteiger partial charge in [0.05, 0.1) is 4.47 Å². The fourth-order valence-electron chi connectivity index (χ4n) is 1.44. The van der Waals surface area contributed by atoms with Crippen LogP contribution in [0.1, 0.15) is 5.69 Å². The van der Waals surface area contributed by atoms with Gasteiger partial charge in [0.1, 0.15) is 11.6 Å². The molecule has 0 aliphatic heterocycles. The third-order valence-electron chi connectivity index (χ3n) is 2.34. The second kappa shape index (κ2) is 5.82. The second-order valence-corrected chi connectivity index (χ2v) is 4.71. The molecule has 0 saturated carbocycles. The normalized spacial score (nSPS) is 11.3. The number of hydrogen-bond acceptors (Lipinski definition) is 5. The Morgan fingerprint density at radius 1 is 1.14 bits per heavy atom. The first-order valence-corrected chi connectivity index (χ1v) is 6.24. The zero-order chi connectivity index (χ0) is 15.6. The van der Waals surface area contributed by atoms with Gasteiger partial charge < -0.3 is 5.32 Å². The molecular formula is C11H8BrF4N5. The minimum Gasteiger partial charge on any atom is -0.340 e. The van der Waals surface area contributed by atoms with Gasteiger partial charge in [-0.05, 0) is 34.1 Å². The predicted molar refractivity (Wildman–Crippen MR) is 72.2 cm³/mol. The fraction of sp³-hybridized carbons (Fsp3) is 0.0909. The number of rotatable bonds is 3. The lowest BCUT2D eigenvalue weighted by molar-refractivity contribution is -0.141. The maximum atomic E-state index is 13.4. The summed E-state index contributed by atoms with van der Waals surface area (Å²) in [6.07, 6.45) is -4.66. The van der Waals surface area contributed by atoms with Crippen LogP contribution in [0.3, 0.4) is 0 Å². The van der Waals surface area contributed by atoms with E-state index in [1.54, 1.807) is 0 Å². The fourth-order valence-corrected chi connectivity index (χ4v) is 1.69. The minimum absolute atomic E-state index is 0.174. The highest BCUT2D eigenvalue weighted by atomic mass is 79.9. The summed E-state index contributed by atoms with van der Waals surface area (Å²) in [7, 11) is 0. The first-order chi connectivity index (χ1) is 9.79. The van der Waals surface area contributed by atoms with Gasteiger partial charge in [-0.15, -0.1) is 0 Å². The number of halogens is 5. The average molecular weight is 366 g/mol. The second-order valence-electron chi connectivity index (χ2n) is 3.86. The Balaban J connectivity index is 2.36. The molecule has 2 aromatic rings. The summed E-state index contributed by atoms with van der Waals surface area (Å²) in [6.45, 7) is 0. The number of nitrogens with two attached hydrogens (primary N) is 1. The Morgan fingerprint density at radius 2 is 1.86 bits per heavy atom. The van der Waals surface area contributed by atoms with Crippen LogP contribution in [0.4, 0.5) is 35.0 Å². The first kappa shape index (κ1) is 15.4. The predicted octanol–water partition coefficient (Wildman–Crippen LogP) is 3.43. The molecule has 0 saturated heterocycles. The highest BCUT2D eigenvalue weighted by Gasteiger charge is 2.33. The molecule has 0 aliphatic carbocycles. The van der Waals surface area contributed by atoms with Gasteiger partial charge in [-0.3, -0.25) is 5.43 Å². The molecule has 1 aromatic heterocycles. The van der Waals surface area contributed by atoms with Crippen molar-refractivity contribution in [1.82, 2.24) is 9.97 Å². The molecule has 1 aromatic carbocycles. The van der Waals surface area contributed by atoms with Crippen LogP contribution in [0.15, 0.2) is 28.7 Å². The molecule has 0 spiro atoms. The van der Waals surface area contributed by atoms with E-state index in [4.69, 9.17) is 5.84 Å². The summed E-state index contributed by atoms with van der Waals surface area (Å²) in [6, 6.07) is 4.68. The zero-order valence-electron chi connectivity index (χ0n) is 10.2. The lowest BCUT2D eigenvalue weighted by atomic mass is 10.3. The summed E-state index contributed by atoms with van der Waals surface area (Å²) < 4.78 is 51.7. The van der Waals surface area contributed by atoms with E-state index < -0.39 is 23.6 Å². The molecule has 5 nitrogen and oxygen atoms in total. The molecule has 0 aliphatic rings. The third kappa shape index (κ3) is 3.79. The number of nitrogens with zero attached hydrogens (tertiary/aromatic N) is 2. The lowest BCUT2D eigenvalue weighted by Gasteiger charge is -2.11. The van der Waals surface area contributed by atoms with Crippen molar-refractivity contribution in [2.75, 3.05) is 10.7 Å². The molecule has 0 radical (unpaired) electrons. The topological polar surface area (TPSA) is 75.9 Å². The maximum Gasteiger partial charge on any atom is 0.433 e. The SMILES string of the molecule is NNc1nc(Nc2ccc(Br)c(F)c2)cc(C(F)(F)F)n1. The van der Waals surface area contributed by atoms with Crippen LogP contribution in [0.2, 0.25) is 0 Å². The molecule has 0 bridgehead atoms. The average Bonchev–Trinajstić information content (AvgIpc) is 2.41. The number of alkyl halides is 3. The van der Waals surface area contributed by atoms with Crippen molar-refractivity contribution >= 4 is 33.4 Å². The van der Waals surface area contributed by atoms with E-state index >= 15 is 0 Å². The number of aromatic nitrogens is 2. The van der Waals surface area contributed by atoms with Gasteiger partial charge in [0.25, 0.3) is 0 Å². The Morgan fingerprint density at radius 3 is 2.43 bits per heavy atom. The largest absolute Gasteiger partial charge is 0.433 e. The van der Waals surface area contributed by atoms with Crippen molar-refractivity contribution in [3.05, 3.63) is 40.2 Å². The summed E-state index contributed by atoms with van der Waals surface area (Å²) >= 11 is 2.97. The van der Waals surface area contributed by atoms with E-state index in [9.17, 15) is 17.6 Å². The number of hydrogen-bond donors (Lipinski definition) is 3. The number of benzene rings is 1. The maximum absolute atomic E-state index is 13.4. The summed E-state index contributed by atoms with van der Waals surface area (Å²) in [4.78, 5) is 6.92. The molecule has 21 heavy (non-hydrogen) atoms. The highest BCUT2D eigenvalue weighted by molar-refractivity contribution is 9.10. The van der Waals surface area contributed by atoms with E-state index in [1.807, 2.05) is 5.43 Å². The Hall–Kier alpha value is -1.94. The van der Waals surface area contributed by atoms with Crippen molar-refractivity contribution in [2.45, 2.75) is 6.18 Å². The van der Waals surface area contributed by atoms with Gasteiger partial charge in [-0.1, -0.05) is 0 Å². The number of hydrazine groups is 1. The third-order valence-corrected chi connectivity index (χ3v) is 2.98. The monoisotopic (exact) mass is 365 g/mol. The molecule has 4 N–H and O–H groups in total. The van der Waals surface area contributed by atoms with Crippen LogP contribution >= 0.6 is 15.9 Å². The van der Waals surface area contributed by atoms with Crippen LogP contribution in [0.25, 0.3) is 0 Å². The van der Waals surface area contributed by atoms with Crippen LogP contribution in [-0.2, 0) is 6.18 Å². The Labute approximate surface area is 124 Å². The molecule has 0 amide bonds. The van der Waals surface area contributed by atoms with Gasteiger partial charge in [0, 0.05) is 11.8 Å². The van der Waals surface area contributed by atoms with Gasteiger partial charge in [-0.25, -0.2) is 15.2 Å². The lowest BCUT2D eigenvalue weighted by Crippen LogP contribution is -2.16. The molecule has 10 heteroatoms. The van der Waals surface area contributed by atoms with E-state index in [2.05, 4.69) is 31.2 Å². The quantitative estimate of drug-likeness (QED) is 0.441. The molecule has 0 fully saturated rings. The number of nitrogen functional groups attached to an aromatic ring is 1. The molecular weight excluding hydrogens is 358 g/mol. The van der Waals surface area contributed by atoms with Crippen molar-refractivity contribution in [1.29, 1.82) is 0 Å². The van der Waals surface area contributed by atoms with Gasteiger partial charge in [0.2, 0.25) is 5.95 Å². The van der Waals surface area contributed by atoms with Crippen molar-refractivity contribution in [3.8, 4) is 0 Å². The molecule has 1 heterocycles. The van der Waals surface area contributed by atoms with Crippen LogP contribution in [0.5, 0.6) is 0 Å². The van der Waals surface area contributed by atoms with Crippen molar-refractivity contribution in [3.63, 3.8) is 0 Å². The van der Waals surface area contributed by atoms with Crippen molar-refractivity contribution in [2.24, 2.45) is 5.84 Å². The Kier molecular flexibility index (Phi) is 4.28. The van der Waals surface area contributed by atoms with E-state index in [-0.39, 0.29) is 16.0 Å². The highest BCUT2D eigenvalue weighted by Crippen LogP contribution is 2.30. The van der Waals surface area contributed by atoms with E-state index in [0.717, 1.165) is 6.07 Å². The molecule has 112 valence electrons. The Bertz CT molecular complexity index is 662. The smallest absolute Gasteiger partial charge is 0.340 e. The standard InChI is InChI=1S/C11H8BrF4N5/c12-6-2-1-5(3-7(6)13)18-9-4-8(11(14,15)16)19-10(20-9)21-17/h1-4H,17H2,(H2,18,19,20,21). The zero-order valence-corrected chi connectivity index (χ0v) is 11.8. The summed E-state index contributed by atoms with van der Waals surface area (Å²) in [5.41, 5.74) is 0.994. The van der Waals surface area contributed by atoms with Crippen LogP contribution in [0, 0.1) is 5.82 Å². The molecule has 2 rings (SSSR count). The van der Waals surface area contributed by atoms with E-state index in [1.165, 1.54) is 12.1 Å². The van der Waals surface area contributed by atoms with Crippen molar-refractivity contribution < 1.29 is 17.6 Å². The van der Waals surface area contributed by atoms with Crippen LogP contribution in [-0.4, -0.2) is 9.97 Å². The number of nitrogens with one attached hydrogen (secondary N) is 2. The summed E-state index contributed by atoms with van der Waals surface area (Å²) in [5, 5.41) is 2.55. The van der Waals surface area contributed by atoms with Gasteiger partial charge in [-0.2, -0.15) is 18.2 Å². The minimum atomic E-state index is -4.66. The molecule has 0 atom stereocenters. The van der Waals surface area contributed by atoms with Gasteiger partial charge in [0.15, 0.2) is 5.69 Å². The molecule has 0 unspecified atom stereocenters. The van der Waals surface area contributed by atoms with Gasteiger partial charge >= 0.3 is 6.18 Å². The summed E-state index contributed by atoms with van der Waals surface area (Å²) in [5.74, 6) is 3.88. The number of anilines is 3. The van der Waals surface area contributed by atoms with E-state index in [0.29, 0.717) is 6.07 Å².